The summed E-state index contributed by atoms with van der Waals surface area (Å²) in [6.45, 7) is 0.505. The molecule has 114 valence electrons. The summed E-state index contributed by atoms with van der Waals surface area (Å²) in [7, 11) is 0. The second kappa shape index (κ2) is 7.47. The second-order valence-corrected chi connectivity index (χ2v) is 5.44. The van der Waals surface area contributed by atoms with E-state index in [0.717, 1.165) is 11.3 Å². The molecule has 1 aromatic heterocycles. The quantitative estimate of drug-likeness (QED) is 0.508. The predicted octanol–water partition coefficient (Wildman–Crippen LogP) is 4.01. The number of benzene rings is 2. The standard InChI is InChI=1S/C18H14N2O2S/c21-18(11-8-16-13-23-20-19-16)15-6-9-17(10-7-15)22-12-14-4-2-1-3-5-14/h1-11,13H,12H2. The molecule has 1 heterocycles. The summed E-state index contributed by atoms with van der Waals surface area (Å²) in [4.78, 5) is 12.1. The lowest BCUT2D eigenvalue weighted by Gasteiger charge is -2.06. The van der Waals surface area contributed by atoms with Gasteiger partial charge >= 0.3 is 0 Å². The zero-order chi connectivity index (χ0) is 15.9. The van der Waals surface area contributed by atoms with Crippen molar-refractivity contribution in [2.75, 3.05) is 0 Å². The highest BCUT2D eigenvalue weighted by molar-refractivity contribution is 7.03. The summed E-state index contributed by atoms with van der Waals surface area (Å²) in [5.74, 6) is 0.658. The van der Waals surface area contributed by atoms with Crippen LogP contribution in [0.5, 0.6) is 5.75 Å². The molecule has 0 atom stereocenters. The molecule has 0 radical (unpaired) electrons. The predicted molar refractivity (Wildman–Crippen MR) is 90.5 cm³/mol. The van der Waals surface area contributed by atoms with Gasteiger partial charge in [-0.05, 0) is 53.5 Å². The molecule has 4 nitrogen and oxygen atoms in total. The molecule has 23 heavy (non-hydrogen) atoms. The van der Waals surface area contributed by atoms with Gasteiger partial charge in [0.2, 0.25) is 0 Å². The largest absolute Gasteiger partial charge is 0.489 e. The van der Waals surface area contributed by atoms with E-state index >= 15 is 0 Å². The number of aromatic nitrogens is 2. The smallest absolute Gasteiger partial charge is 0.185 e. The van der Waals surface area contributed by atoms with Crippen molar-refractivity contribution in [2.45, 2.75) is 6.61 Å². The zero-order valence-electron chi connectivity index (χ0n) is 12.3. The van der Waals surface area contributed by atoms with Crippen LogP contribution in [0, 0.1) is 0 Å². The molecule has 0 aliphatic carbocycles. The Hall–Kier alpha value is -2.79. The summed E-state index contributed by atoms with van der Waals surface area (Å²) in [5.41, 5.74) is 2.40. The van der Waals surface area contributed by atoms with Gasteiger partial charge in [0, 0.05) is 10.9 Å². The van der Waals surface area contributed by atoms with Crippen molar-refractivity contribution in [2.24, 2.45) is 0 Å². The highest BCUT2D eigenvalue weighted by Gasteiger charge is 2.03. The molecule has 0 aliphatic rings. The lowest BCUT2D eigenvalue weighted by atomic mass is 10.1. The minimum Gasteiger partial charge on any atom is -0.489 e. The van der Waals surface area contributed by atoms with Crippen molar-refractivity contribution in [3.8, 4) is 5.75 Å². The maximum absolute atomic E-state index is 12.1. The van der Waals surface area contributed by atoms with E-state index in [1.54, 1.807) is 35.7 Å². The zero-order valence-corrected chi connectivity index (χ0v) is 13.1. The van der Waals surface area contributed by atoms with Crippen molar-refractivity contribution in [3.05, 3.63) is 82.9 Å². The molecular formula is C18H14N2O2S. The van der Waals surface area contributed by atoms with Crippen molar-refractivity contribution in [1.82, 2.24) is 9.59 Å². The van der Waals surface area contributed by atoms with Crippen molar-refractivity contribution in [1.29, 1.82) is 0 Å². The molecule has 3 rings (SSSR count). The van der Waals surface area contributed by atoms with Crippen LogP contribution in [0.25, 0.3) is 6.08 Å². The van der Waals surface area contributed by atoms with E-state index in [4.69, 9.17) is 4.74 Å². The molecule has 0 spiro atoms. The molecule has 0 saturated carbocycles. The van der Waals surface area contributed by atoms with Crippen LogP contribution in [0.1, 0.15) is 21.6 Å². The molecule has 2 aromatic carbocycles. The topological polar surface area (TPSA) is 52.1 Å². The van der Waals surface area contributed by atoms with Gasteiger partial charge in [0.05, 0.1) is 5.69 Å². The fourth-order valence-corrected chi connectivity index (χ4v) is 2.38. The van der Waals surface area contributed by atoms with Gasteiger partial charge < -0.3 is 4.74 Å². The molecule has 0 amide bonds. The maximum Gasteiger partial charge on any atom is 0.185 e. The second-order valence-electron chi connectivity index (χ2n) is 4.83. The third-order valence-corrected chi connectivity index (χ3v) is 3.69. The van der Waals surface area contributed by atoms with Crippen molar-refractivity contribution >= 4 is 23.4 Å². The van der Waals surface area contributed by atoms with Crippen LogP contribution in [-0.2, 0) is 6.61 Å². The Morgan fingerprint density at radius 3 is 2.57 bits per heavy atom. The Balaban J connectivity index is 1.59. The van der Waals surface area contributed by atoms with Gasteiger partial charge in [-0.2, -0.15) is 0 Å². The Morgan fingerprint density at radius 2 is 1.87 bits per heavy atom. The van der Waals surface area contributed by atoms with Gasteiger partial charge in [-0.25, -0.2) is 0 Å². The first kappa shape index (κ1) is 15.1. The van der Waals surface area contributed by atoms with Crippen LogP contribution in [0.4, 0.5) is 0 Å². The Labute approximate surface area is 138 Å². The highest BCUT2D eigenvalue weighted by atomic mass is 32.1. The Morgan fingerprint density at radius 1 is 1.09 bits per heavy atom. The molecule has 3 aromatic rings. The molecule has 0 unspecified atom stereocenters. The van der Waals surface area contributed by atoms with Gasteiger partial charge in [-0.15, -0.1) is 5.10 Å². The molecule has 0 bridgehead atoms. The number of carbonyl (C=O) groups excluding carboxylic acids is 1. The van der Waals surface area contributed by atoms with Crippen LogP contribution in [0.3, 0.4) is 0 Å². The van der Waals surface area contributed by atoms with E-state index < -0.39 is 0 Å². The lowest BCUT2D eigenvalue weighted by Crippen LogP contribution is -1.97. The summed E-state index contributed by atoms with van der Waals surface area (Å²) in [5, 5.41) is 5.64. The first-order valence-corrected chi connectivity index (χ1v) is 7.91. The minimum absolute atomic E-state index is 0.0763. The molecule has 5 heteroatoms. The summed E-state index contributed by atoms with van der Waals surface area (Å²) < 4.78 is 9.44. The number of rotatable bonds is 6. The molecular weight excluding hydrogens is 308 g/mol. The number of nitrogens with zero attached hydrogens (tertiary/aromatic N) is 2. The highest BCUT2D eigenvalue weighted by Crippen LogP contribution is 2.15. The van der Waals surface area contributed by atoms with Crippen LogP contribution < -0.4 is 4.74 Å². The number of ether oxygens (including phenoxy) is 1. The molecule has 0 aliphatic heterocycles. The number of carbonyl (C=O) groups is 1. The number of allylic oxidation sites excluding steroid dienone is 1. The van der Waals surface area contributed by atoms with E-state index in [9.17, 15) is 4.79 Å². The summed E-state index contributed by atoms with van der Waals surface area (Å²) >= 11 is 1.25. The SMILES string of the molecule is O=C(C=Cc1csnn1)c1ccc(OCc2ccccc2)cc1. The van der Waals surface area contributed by atoms with E-state index in [1.807, 2.05) is 30.3 Å². The molecule has 0 N–H and O–H groups in total. The van der Waals surface area contributed by atoms with Gasteiger partial charge in [-0.3, -0.25) is 4.79 Å². The fraction of sp³-hybridized carbons (Fsp3) is 0.0556. The van der Waals surface area contributed by atoms with E-state index in [0.29, 0.717) is 17.9 Å². The Kier molecular flexibility index (Phi) is 4.91. The van der Waals surface area contributed by atoms with Crippen LogP contribution >= 0.6 is 11.5 Å². The Bertz CT molecular complexity index is 782. The fourth-order valence-electron chi connectivity index (χ4n) is 1.96. The number of ketones is 1. The first-order chi connectivity index (χ1) is 11.3. The van der Waals surface area contributed by atoms with Gasteiger partial charge in [0.15, 0.2) is 5.78 Å². The maximum atomic E-state index is 12.1. The van der Waals surface area contributed by atoms with E-state index in [-0.39, 0.29) is 5.78 Å². The van der Waals surface area contributed by atoms with Gasteiger partial charge in [0.25, 0.3) is 0 Å². The van der Waals surface area contributed by atoms with Crippen molar-refractivity contribution < 1.29 is 9.53 Å². The van der Waals surface area contributed by atoms with Crippen molar-refractivity contribution in [3.63, 3.8) is 0 Å². The average Bonchev–Trinajstić information content (AvgIpc) is 3.13. The van der Waals surface area contributed by atoms with Gasteiger partial charge in [-0.1, -0.05) is 34.8 Å². The average molecular weight is 322 g/mol. The third-order valence-electron chi connectivity index (χ3n) is 3.17. The lowest BCUT2D eigenvalue weighted by molar-refractivity contribution is 0.104. The third kappa shape index (κ3) is 4.34. The van der Waals surface area contributed by atoms with E-state index in [1.165, 1.54) is 17.6 Å². The summed E-state index contributed by atoms with van der Waals surface area (Å²) in [6.07, 6.45) is 3.15. The molecule has 0 saturated heterocycles. The van der Waals surface area contributed by atoms with E-state index in [2.05, 4.69) is 9.59 Å². The number of hydrogen-bond acceptors (Lipinski definition) is 5. The minimum atomic E-state index is -0.0763. The van der Waals surface area contributed by atoms with Crippen LogP contribution in [-0.4, -0.2) is 15.4 Å². The van der Waals surface area contributed by atoms with Crippen LogP contribution in [0.2, 0.25) is 0 Å². The first-order valence-electron chi connectivity index (χ1n) is 7.07. The van der Waals surface area contributed by atoms with Crippen LogP contribution in [0.15, 0.2) is 66.1 Å². The number of hydrogen-bond donors (Lipinski definition) is 0. The van der Waals surface area contributed by atoms with Gasteiger partial charge in [0.1, 0.15) is 12.4 Å². The summed E-state index contributed by atoms with van der Waals surface area (Å²) in [6, 6.07) is 17.1. The monoisotopic (exact) mass is 322 g/mol. The molecule has 0 fully saturated rings. The normalized spacial score (nSPS) is 10.8.